The van der Waals surface area contributed by atoms with E-state index in [2.05, 4.69) is 43.2 Å². The topological polar surface area (TPSA) is 72.2 Å². The van der Waals surface area contributed by atoms with Crippen molar-refractivity contribution < 1.29 is 4.79 Å². The summed E-state index contributed by atoms with van der Waals surface area (Å²) in [5, 5.41) is 16.4. The molecule has 0 saturated heterocycles. The third kappa shape index (κ3) is 3.27. The molecule has 0 radical (unpaired) electrons. The van der Waals surface area contributed by atoms with Gasteiger partial charge in [0, 0.05) is 20.4 Å². The van der Waals surface area contributed by atoms with Crippen molar-refractivity contribution in [3.8, 4) is 10.6 Å². The molecule has 1 amide bonds. The molecule has 1 N–H and O–H groups in total. The van der Waals surface area contributed by atoms with Crippen LogP contribution in [0.2, 0.25) is 0 Å². The number of aryl methyl sites for hydroxylation is 1. The molecule has 2 aromatic heterocycles. The predicted octanol–water partition coefficient (Wildman–Crippen LogP) is 4.02. The van der Waals surface area contributed by atoms with Crippen molar-refractivity contribution in [1.82, 2.24) is 19.8 Å². The Morgan fingerprint density at radius 3 is 2.80 bits per heavy atom. The van der Waals surface area contributed by atoms with Gasteiger partial charge in [-0.3, -0.25) is 4.79 Å². The number of fused-ring (bicyclic) bond motifs is 1. The molecule has 4 rings (SSSR count). The minimum atomic E-state index is -0.135. The Morgan fingerprint density at radius 2 is 2.00 bits per heavy atom. The van der Waals surface area contributed by atoms with Gasteiger partial charge in [-0.2, -0.15) is 9.61 Å². The molecule has 0 saturated carbocycles. The van der Waals surface area contributed by atoms with E-state index in [-0.39, 0.29) is 5.91 Å². The number of aromatic nitrogens is 4. The molecule has 4 aromatic rings. The lowest BCUT2D eigenvalue weighted by molar-refractivity contribution is 0.102. The van der Waals surface area contributed by atoms with Crippen LogP contribution < -0.4 is 5.32 Å². The number of carbonyl (C=O) groups excluding carboxylic acids is 1. The van der Waals surface area contributed by atoms with Gasteiger partial charge in [-0.25, -0.2) is 0 Å². The molecule has 8 heteroatoms. The molecule has 0 spiro atoms. The van der Waals surface area contributed by atoms with Gasteiger partial charge < -0.3 is 5.32 Å². The zero-order valence-electron chi connectivity index (χ0n) is 13.1. The van der Waals surface area contributed by atoms with Crippen LogP contribution >= 0.6 is 33.9 Å². The summed E-state index contributed by atoms with van der Waals surface area (Å²) in [6.45, 7) is 1.86. The second kappa shape index (κ2) is 6.52. The number of hydrogen-bond acceptors (Lipinski definition) is 5. The highest BCUT2D eigenvalue weighted by Gasteiger charge is 2.12. The molecular weight excluding hydrogens is 449 g/mol. The number of rotatable bonds is 3. The van der Waals surface area contributed by atoms with E-state index in [0.717, 1.165) is 30.6 Å². The first-order valence-corrected chi connectivity index (χ1v) is 9.36. The first-order valence-electron chi connectivity index (χ1n) is 7.46. The van der Waals surface area contributed by atoms with Gasteiger partial charge in [-0.1, -0.05) is 29.5 Å². The van der Waals surface area contributed by atoms with Gasteiger partial charge in [0.1, 0.15) is 5.01 Å². The highest BCUT2D eigenvalue weighted by Crippen LogP contribution is 2.27. The molecule has 0 bridgehead atoms. The largest absolute Gasteiger partial charge is 0.322 e. The normalized spacial score (nSPS) is 11.0. The van der Waals surface area contributed by atoms with Crippen LogP contribution in [0.15, 0.2) is 48.5 Å². The summed E-state index contributed by atoms with van der Waals surface area (Å²) in [5.41, 5.74) is 2.28. The first kappa shape index (κ1) is 16.2. The fourth-order valence-corrected chi connectivity index (χ4v) is 3.82. The van der Waals surface area contributed by atoms with E-state index in [0.29, 0.717) is 5.56 Å². The van der Waals surface area contributed by atoms with Crippen molar-refractivity contribution in [3.63, 3.8) is 0 Å². The highest BCUT2D eigenvalue weighted by molar-refractivity contribution is 14.1. The Kier molecular flexibility index (Phi) is 4.22. The first-order chi connectivity index (χ1) is 12.1. The van der Waals surface area contributed by atoms with Crippen LogP contribution in [-0.4, -0.2) is 25.7 Å². The second-order valence-corrected chi connectivity index (χ2v) is 7.60. The number of amides is 1. The standard InChI is InChI=1S/C17H12IN5OS/c1-10-20-21-17-23(10)22-16(25-17)12-5-3-7-14(9-12)19-15(24)11-4-2-6-13(18)8-11/h2-9H,1H3,(H,19,24). The summed E-state index contributed by atoms with van der Waals surface area (Å²) < 4.78 is 2.74. The molecule has 0 atom stereocenters. The molecule has 6 nitrogen and oxygen atoms in total. The van der Waals surface area contributed by atoms with Crippen molar-refractivity contribution in [2.75, 3.05) is 5.32 Å². The molecule has 0 fully saturated rings. The Hall–Kier alpha value is -2.33. The van der Waals surface area contributed by atoms with Crippen LogP contribution in [0.25, 0.3) is 15.5 Å². The third-order valence-electron chi connectivity index (χ3n) is 3.60. The third-order valence-corrected chi connectivity index (χ3v) is 5.22. The summed E-state index contributed by atoms with van der Waals surface area (Å²) in [6.07, 6.45) is 0. The molecule has 0 aliphatic heterocycles. The van der Waals surface area contributed by atoms with E-state index in [1.165, 1.54) is 11.3 Å². The molecule has 124 valence electrons. The van der Waals surface area contributed by atoms with E-state index >= 15 is 0 Å². The van der Waals surface area contributed by atoms with Gasteiger partial charge in [-0.05, 0) is 59.8 Å². The van der Waals surface area contributed by atoms with Crippen LogP contribution in [0.5, 0.6) is 0 Å². The van der Waals surface area contributed by atoms with Crippen molar-refractivity contribution >= 4 is 50.5 Å². The number of hydrogen-bond donors (Lipinski definition) is 1. The molecular formula is C17H12IN5OS. The monoisotopic (exact) mass is 461 g/mol. The zero-order chi connectivity index (χ0) is 17.4. The number of nitrogens with one attached hydrogen (secondary N) is 1. The summed E-state index contributed by atoms with van der Waals surface area (Å²) in [5.74, 6) is 0.616. The Morgan fingerprint density at radius 1 is 1.16 bits per heavy atom. The van der Waals surface area contributed by atoms with Crippen LogP contribution in [0, 0.1) is 10.5 Å². The van der Waals surface area contributed by atoms with Gasteiger partial charge >= 0.3 is 0 Å². The lowest BCUT2D eigenvalue weighted by Gasteiger charge is -2.07. The van der Waals surface area contributed by atoms with E-state index in [4.69, 9.17) is 0 Å². The average molecular weight is 461 g/mol. The zero-order valence-corrected chi connectivity index (χ0v) is 16.1. The molecule has 2 heterocycles. The maximum absolute atomic E-state index is 12.4. The quantitative estimate of drug-likeness (QED) is 0.468. The van der Waals surface area contributed by atoms with Crippen LogP contribution in [0.4, 0.5) is 5.69 Å². The summed E-state index contributed by atoms with van der Waals surface area (Å²) in [6, 6.07) is 15.1. The summed E-state index contributed by atoms with van der Waals surface area (Å²) in [7, 11) is 0. The summed E-state index contributed by atoms with van der Waals surface area (Å²) >= 11 is 3.65. The lowest BCUT2D eigenvalue weighted by Crippen LogP contribution is -2.11. The van der Waals surface area contributed by atoms with Crippen molar-refractivity contribution in [2.24, 2.45) is 0 Å². The number of benzene rings is 2. The van der Waals surface area contributed by atoms with Gasteiger partial charge in [0.2, 0.25) is 4.96 Å². The van der Waals surface area contributed by atoms with Crippen LogP contribution in [-0.2, 0) is 0 Å². The lowest BCUT2D eigenvalue weighted by atomic mass is 10.2. The van der Waals surface area contributed by atoms with Gasteiger partial charge in [-0.15, -0.1) is 10.2 Å². The van der Waals surface area contributed by atoms with Crippen molar-refractivity contribution in [3.05, 3.63) is 63.5 Å². The van der Waals surface area contributed by atoms with Crippen LogP contribution in [0.3, 0.4) is 0 Å². The smallest absolute Gasteiger partial charge is 0.255 e. The Balaban J connectivity index is 1.61. The van der Waals surface area contributed by atoms with Crippen molar-refractivity contribution in [2.45, 2.75) is 6.92 Å². The highest BCUT2D eigenvalue weighted by atomic mass is 127. The van der Waals surface area contributed by atoms with Crippen molar-refractivity contribution in [1.29, 1.82) is 0 Å². The van der Waals surface area contributed by atoms with E-state index in [1.54, 1.807) is 10.6 Å². The summed E-state index contributed by atoms with van der Waals surface area (Å²) in [4.78, 5) is 13.2. The van der Waals surface area contributed by atoms with E-state index < -0.39 is 0 Å². The van der Waals surface area contributed by atoms with E-state index in [9.17, 15) is 4.79 Å². The predicted molar refractivity (Wildman–Crippen MR) is 106 cm³/mol. The SMILES string of the molecule is Cc1nnc2sc(-c3cccc(NC(=O)c4cccc(I)c4)c3)nn12. The maximum Gasteiger partial charge on any atom is 0.255 e. The van der Waals surface area contributed by atoms with Gasteiger partial charge in [0.15, 0.2) is 5.82 Å². The van der Waals surface area contributed by atoms with Gasteiger partial charge in [0.25, 0.3) is 5.91 Å². The molecule has 2 aromatic carbocycles. The Labute approximate surface area is 161 Å². The number of anilines is 1. The minimum absolute atomic E-state index is 0.135. The van der Waals surface area contributed by atoms with E-state index in [1.807, 2.05) is 49.4 Å². The maximum atomic E-state index is 12.4. The van der Waals surface area contributed by atoms with Crippen LogP contribution in [0.1, 0.15) is 16.2 Å². The fourth-order valence-electron chi connectivity index (χ4n) is 2.39. The number of carbonyl (C=O) groups is 1. The molecule has 0 aliphatic carbocycles. The molecule has 0 aliphatic rings. The average Bonchev–Trinajstić information content (AvgIpc) is 3.17. The molecule has 0 unspecified atom stereocenters. The van der Waals surface area contributed by atoms with Gasteiger partial charge in [0.05, 0.1) is 0 Å². The minimum Gasteiger partial charge on any atom is -0.322 e. The Bertz CT molecular complexity index is 1090. The molecule has 25 heavy (non-hydrogen) atoms. The second-order valence-electron chi connectivity index (χ2n) is 5.39. The fraction of sp³-hybridized carbons (Fsp3) is 0.0588. The number of halogens is 1. The number of nitrogens with zero attached hydrogens (tertiary/aromatic N) is 4.